The summed E-state index contributed by atoms with van der Waals surface area (Å²) in [5, 5.41) is 0. The van der Waals surface area contributed by atoms with Crippen LogP contribution < -0.4 is 15.2 Å². The fraction of sp³-hybridized carbons (Fsp3) is 0.278. The molecule has 4 heteroatoms. The molecule has 0 radical (unpaired) electrons. The van der Waals surface area contributed by atoms with Gasteiger partial charge in [0.1, 0.15) is 11.5 Å². The van der Waals surface area contributed by atoms with E-state index in [4.69, 9.17) is 15.2 Å². The van der Waals surface area contributed by atoms with Gasteiger partial charge in [-0.25, -0.2) is 0 Å². The summed E-state index contributed by atoms with van der Waals surface area (Å²) in [4.78, 5) is 12.7. The number of ketones is 1. The zero-order valence-electron chi connectivity index (χ0n) is 13.1. The number of rotatable bonds is 6. The first-order valence-electron chi connectivity index (χ1n) is 7.26. The number of hydrogen-bond donors (Lipinski definition) is 1. The van der Waals surface area contributed by atoms with Crippen LogP contribution >= 0.6 is 0 Å². The molecular formula is C18H21NO3. The van der Waals surface area contributed by atoms with Crippen LogP contribution in [0.4, 0.5) is 5.69 Å². The fourth-order valence-corrected chi connectivity index (χ4v) is 2.22. The summed E-state index contributed by atoms with van der Waals surface area (Å²) in [6.07, 6.45) is 0.0136. The third kappa shape index (κ3) is 3.58. The number of nitrogen functional groups attached to an aromatic ring is 1. The van der Waals surface area contributed by atoms with Crippen molar-refractivity contribution in [1.82, 2.24) is 0 Å². The largest absolute Gasteiger partial charge is 0.496 e. The molecule has 0 fully saturated rings. The third-order valence-electron chi connectivity index (χ3n) is 3.44. The van der Waals surface area contributed by atoms with Crippen molar-refractivity contribution in [2.75, 3.05) is 12.8 Å². The predicted molar refractivity (Wildman–Crippen MR) is 87.6 cm³/mol. The minimum absolute atomic E-state index is 0.0834. The number of carbonyl (C=O) groups excluding carboxylic acids is 1. The van der Waals surface area contributed by atoms with Crippen LogP contribution in [0.5, 0.6) is 11.5 Å². The van der Waals surface area contributed by atoms with Crippen LogP contribution in [0.15, 0.2) is 42.5 Å². The Balaban J connectivity index is 2.25. The molecule has 2 aromatic carbocycles. The van der Waals surface area contributed by atoms with Gasteiger partial charge in [0.25, 0.3) is 0 Å². The molecule has 1 atom stereocenters. The van der Waals surface area contributed by atoms with E-state index in [0.717, 1.165) is 5.56 Å². The minimum Gasteiger partial charge on any atom is -0.496 e. The highest BCUT2D eigenvalue weighted by molar-refractivity contribution is 6.02. The summed E-state index contributed by atoms with van der Waals surface area (Å²) in [7, 11) is 1.56. The third-order valence-corrected chi connectivity index (χ3v) is 3.44. The van der Waals surface area contributed by atoms with E-state index in [0.29, 0.717) is 29.2 Å². The van der Waals surface area contributed by atoms with Gasteiger partial charge in [0.2, 0.25) is 5.78 Å². The van der Waals surface area contributed by atoms with Gasteiger partial charge in [0, 0.05) is 5.69 Å². The Morgan fingerprint density at radius 3 is 2.45 bits per heavy atom. The van der Waals surface area contributed by atoms with Crippen molar-refractivity contribution in [2.24, 2.45) is 0 Å². The summed E-state index contributed by atoms with van der Waals surface area (Å²) in [6, 6.07) is 12.6. The first kappa shape index (κ1) is 15.9. The molecule has 4 nitrogen and oxygen atoms in total. The van der Waals surface area contributed by atoms with E-state index in [1.807, 2.05) is 26.0 Å². The molecule has 2 aromatic rings. The Bertz CT molecular complexity index is 650. The van der Waals surface area contributed by atoms with E-state index in [-0.39, 0.29) is 5.78 Å². The van der Waals surface area contributed by atoms with Crippen LogP contribution in [0.3, 0.4) is 0 Å². The Hall–Kier alpha value is -2.49. The van der Waals surface area contributed by atoms with Crippen LogP contribution in [0.2, 0.25) is 0 Å². The second kappa shape index (κ2) is 6.98. The number of carbonyl (C=O) groups is 1. The van der Waals surface area contributed by atoms with Gasteiger partial charge in [0.15, 0.2) is 6.10 Å². The summed E-state index contributed by atoms with van der Waals surface area (Å²) >= 11 is 0. The van der Waals surface area contributed by atoms with Gasteiger partial charge in [0.05, 0.1) is 12.7 Å². The second-order valence-corrected chi connectivity index (χ2v) is 5.15. The molecule has 0 saturated heterocycles. The topological polar surface area (TPSA) is 61.5 Å². The smallest absolute Gasteiger partial charge is 0.207 e. The Kier molecular flexibility index (Phi) is 5.04. The van der Waals surface area contributed by atoms with Crippen molar-refractivity contribution in [1.29, 1.82) is 0 Å². The quantitative estimate of drug-likeness (QED) is 0.653. The number of aryl methyl sites for hydroxylation is 1. The first-order chi connectivity index (χ1) is 10.5. The van der Waals surface area contributed by atoms with Gasteiger partial charge in [-0.1, -0.05) is 18.6 Å². The molecule has 0 amide bonds. The summed E-state index contributed by atoms with van der Waals surface area (Å²) in [5.41, 5.74) is 7.87. The van der Waals surface area contributed by atoms with Crippen LogP contribution in [-0.2, 0) is 0 Å². The lowest BCUT2D eigenvalue weighted by molar-refractivity contribution is 0.0783. The van der Waals surface area contributed by atoms with Crippen molar-refractivity contribution in [3.8, 4) is 11.5 Å². The van der Waals surface area contributed by atoms with Crippen LogP contribution in [-0.4, -0.2) is 19.0 Å². The normalized spacial score (nSPS) is 11.8. The molecule has 0 spiro atoms. The Morgan fingerprint density at radius 1 is 1.18 bits per heavy atom. The lowest BCUT2D eigenvalue weighted by Gasteiger charge is -2.18. The number of hydrogen-bond acceptors (Lipinski definition) is 4. The molecule has 0 aliphatic carbocycles. The average Bonchev–Trinajstić information content (AvgIpc) is 2.53. The van der Waals surface area contributed by atoms with Gasteiger partial charge in [-0.2, -0.15) is 0 Å². The van der Waals surface area contributed by atoms with Gasteiger partial charge in [-0.3, -0.25) is 4.79 Å². The minimum atomic E-state index is -0.556. The number of benzene rings is 2. The van der Waals surface area contributed by atoms with E-state index in [9.17, 15) is 4.79 Å². The van der Waals surface area contributed by atoms with E-state index < -0.39 is 6.10 Å². The van der Waals surface area contributed by atoms with Crippen molar-refractivity contribution in [3.63, 3.8) is 0 Å². The van der Waals surface area contributed by atoms with Gasteiger partial charge in [-0.05, 0) is 49.7 Å². The SMILES string of the molecule is CCC(Oc1ccc(N)cc1)C(=O)c1cc(C)ccc1OC. The van der Waals surface area contributed by atoms with E-state index >= 15 is 0 Å². The Labute approximate surface area is 130 Å². The number of ether oxygens (including phenoxy) is 2. The number of anilines is 1. The second-order valence-electron chi connectivity index (χ2n) is 5.15. The zero-order chi connectivity index (χ0) is 16.1. The molecule has 22 heavy (non-hydrogen) atoms. The predicted octanol–water partition coefficient (Wildman–Crippen LogP) is 3.63. The van der Waals surface area contributed by atoms with Crippen LogP contribution in [0, 0.1) is 6.92 Å². The highest BCUT2D eigenvalue weighted by Gasteiger charge is 2.23. The molecule has 2 rings (SSSR count). The number of nitrogens with two attached hydrogens (primary N) is 1. The maximum Gasteiger partial charge on any atom is 0.207 e. The molecule has 2 N–H and O–H groups in total. The summed E-state index contributed by atoms with van der Waals surface area (Å²) in [5.74, 6) is 1.11. The highest BCUT2D eigenvalue weighted by atomic mass is 16.5. The molecule has 0 saturated carbocycles. The number of methoxy groups -OCH3 is 1. The van der Waals surface area contributed by atoms with Crippen LogP contribution in [0.1, 0.15) is 29.3 Å². The van der Waals surface area contributed by atoms with E-state index in [1.165, 1.54) is 0 Å². The molecule has 1 unspecified atom stereocenters. The van der Waals surface area contributed by atoms with Crippen molar-refractivity contribution in [3.05, 3.63) is 53.6 Å². The fourth-order valence-electron chi connectivity index (χ4n) is 2.22. The molecule has 116 valence electrons. The standard InChI is InChI=1S/C18H21NO3/c1-4-16(22-14-8-6-13(19)7-9-14)18(20)15-11-12(2)5-10-17(15)21-3/h5-11,16H,4,19H2,1-3H3. The monoisotopic (exact) mass is 299 g/mol. The van der Waals surface area contributed by atoms with Crippen molar-refractivity contribution < 1.29 is 14.3 Å². The summed E-state index contributed by atoms with van der Waals surface area (Å²) < 4.78 is 11.1. The maximum absolute atomic E-state index is 12.7. The molecule has 0 aliphatic heterocycles. The molecular weight excluding hydrogens is 278 g/mol. The first-order valence-corrected chi connectivity index (χ1v) is 7.26. The lowest BCUT2D eigenvalue weighted by atomic mass is 10.0. The molecule has 0 bridgehead atoms. The zero-order valence-corrected chi connectivity index (χ0v) is 13.1. The van der Waals surface area contributed by atoms with Gasteiger partial charge in [-0.15, -0.1) is 0 Å². The van der Waals surface area contributed by atoms with Gasteiger partial charge >= 0.3 is 0 Å². The van der Waals surface area contributed by atoms with E-state index in [2.05, 4.69) is 0 Å². The molecule has 0 aromatic heterocycles. The lowest BCUT2D eigenvalue weighted by Crippen LogP contribution is -2.27. The Morgan fingerprint density at radius 2 is 1.86 bits per heavy atom. The molecule has 0 heterocycles. The maximum atomic E-state index is 12.7. The summed E-state index contributed by atoms with van der Waals surface area (Å²) in [6.45, 7) is 3.86. The molecule has 0 aliphatic rings. The van der Waals surface area contributed by atoms with Crippen LogP contribution in [0.25, 0.3) is 0 Å². The van der Waals surface area contributed by atoms with Crippen molar-refractivity contribution >= 4 is 11.5 Å². The van der Waals surface area contributed by atoms with E-state index in [1.54, 1.807) is 37.4 Å². The number of Topliss-reactive ketones (excluding diaryl/α,β-unsaturated/α-hetero) is 1. The average molecular weight is 299 g/mol. The van der Waals surface area contributed by atoms with Gasteiger partial charge < -0.3 is 15.2 Å². The van der Waals surface area contributed by atoms with Crippen molar-refractivity contribution in [2.45, 2.75) is 26.4 Å². The highest BCUT2D eigenvalue weighted by Crippen LogP contribution is 2.24.